The molecule has 0 aliphatic carbocycles. The summed E-state index contributed by atoms with van der Waals surface area (Å²) in [5, 5.41) is 2.80. The summed E-state index contributed by atoms with van der Waals surface area (Å²) in [6, 6.07) is 16.0. The van der Waals surface area contributed by atoms with Crippen LogP contribution < -0.4 is 5.32 Å². The quantitative estimate of drug-likeness (QED) is 0.924. The monoisotopic (exact) mass is 320 g/mol. The van der Waals surface area contributed by atoms with E-state index in [0.29, 0.717) is 17.9 Å². The summed E-state index contributed by atoms with van der Waals surface area (Å²) in [5.41, 5.74) is 3.81. The molecule has 0 unspecified atom stereocenters. The van der Waals surface area contributed by atoms with E-state index in [0.717, 1.165) is 37.2 Å². The lowest BCUT2D eigenvalue weighted by molar-refractivity contribution is -0.115. The fourth-order valence-electron chi connectivity index (χ4n) is 3.69. The Bertz CT molecular complexity index is 777. The number of fused-ring (bicyclic) bond motifs is 1. The summed E-state index contributed by atoms with van der Waals surface area (Å²) in [6.07, 6.45) is 2.37. The number of anilines is 1. The molecule has 122 valence electrons. The van der Waals surface area contributed by atoms with Crippen LogP contribution in [-0.2, 0) is 11.2 Å². The lowest BCUT2D eigenvalue weighted by Crippen LogP contribution is -2.37. The predicted molar refractivity (Wildman–Crippen MR) is 93.1 cm³/mol. The molecule has 1 fully saturated rings. The van der Waals surface area contributed by atoms with Crippen molar-refractivity contribution in [3.05, 3.63) is 65.2 Å². The highest BCUT2D eigenvalue weighted by molar-refractivity contribution is 6.01. The molecule has 2 aromatic rings. The van der Waals surface area contributed by atoms with Gasteiger partial charge in [-0.1, -0.05) is 30.3 Å². The Morgan fingerprint density at radius 3 is 2.54 bits per heavy atom. The van der Waals surface area contributed by atoms with Gasteiger partial charge in [-0.25, -0.2) is 0 Å². The molecule has 2 heterocycles. The first-order valence-corrected chi connectivity index (χ1v) is 8.48. The molecule has 2 aromatic carbocycles. The van der Waals surface area contributed by atoms with E-state index in [9.17, 15) is 9.59 Å². The number of amides is 2. The van der Waals surface area contributed by atoms with E-state index in [4.69, 9.17) is 0 Å². The van der Waals surface area contributed by atoms with Gasteiger partial charge in [0.05, 0.1) is 6.42 Å². The fourth-order valence-corrected chi connectivity index (χ4v) is 3.69. The molecule has 2 amide bonds. The molecule has 0 radical (unpaired) electrons. The Morgan fingerprint density at radius 1 is 1.04 bits per heavy atom. The summed E-state index contributed by atoms with van der Waals surface area (Å²) >= 11 is 0. The van der Waals surface area contributed by atoms with Crippen molar-refractivity contribution in [3.8, 4) is 0 Å². The second-order valence-corrected chi connectivity index (χ2v) is 6.57. The first kappa shape index (κ1) is 14.9. The van der Waals surface area contributed by atoms with Crippen LogP contribution in [0, 0.1) is 0 Å². The second-order valence-electron chi connectivity index (χ2n) is 6.57. The van der Waals surface area contributed by atoms with E-state index in [1.54, 1.807) is 0 Å². The van der Waals surface area contributed by atoms with E-state index >= 15 is 0 Å². The number of nitrogens with one attached hydrogen (secondary N) is 1. The van der Waals surface area contributed by atoms with Crippen LogP contribution in [0.3, 0.4) is 0 Å². The van der Waals surface area contributed by atoms with Crippen molar-refractivity contribution in [3.63, 3.8) is 0 Å². The third-order valence-electron chi connectivity index (χ3n) is 5.03. The third-order valence-corrected chi connectivity index (χ3v) is 5.03. The highest BCUT2D eigenvalue weighted by atomic mass is 16.2. The summed E-state index contributed by atoms with van der Waals surface area (Å²) in [7, 11) is 0. The molecule has 0 spiro atoms. The van der Waals surface area contributed by atoms with E-state index < -0.39 is 0 Å². The summed E-state index contributed by atoms with van der Waals surface area (Å²) in [4.78, 5) is 26.1. The van der Waals surface area contributed by atoms with Crippen LogP contribution in [0.15, 0.2) is 48.5 Å². The first-order chi connectivity index (χ1) is 11.7. The molecule has 0 atom stereocenters. The van der Waals surface area contributed by atoms with Gasteiger partial charge < -0.3 is 10.2 Å². The number of nitrogens with zero attached hydrogens (tertiary/aromatic N) is 1. The average molecular weight is 320 g/mol. The van der Waals surface area contributed by atoms with Gasteiger partial charge in [0.15, 0.2) is 0 Å². The molecule has 4 rings (SSSR count). The zero-order chi connectivity index (χ0) is 16.5. The van der Waals surface area contributed by atoms with E-state index in [1.165, 1.54) is 5.56 Å². The number of benzene rings is 2. The number of carbonyl (C=O) groups is 2. The molecule has 4 nitrogen and oxygen atoms in total. The van der Waals surface area contributed by atoms with Gasteiger partial charge in [0, 0.05) is 24.3 Å². The zero-order valence-corrected chi connectivity index (χ0v) is 13.5. The number of hydrogen-bond acceptors (Lipinski definition) is 2. The normalized spacial score (nSPS) is 17.5. The standard InChI is InChI=1S/C20H20N2O2/c23-19-13-17-12-16(6-7-18(17)21-19)20(24)22-10-8-15(9-11-22)14-4-2-1-3-5-14/h1-7,12,15H,8-11,13H2,(H,21,23). The van der Waals surface area contributed by atoms with Crippen LogP contribution >= 0.6 is 0 Å². The van der Waals surface area contributed by atoms with Crippen molar-refractivity contribution >= 4 is 17.5 Å². The summed E-state index contributed by atoms with van der Waals surface area (Å²) in [6.45, 7) is 1.57. The number of piperidine rings is 1. The molecule has 2 aliphatic rings. The SMILES string of the molecule is O=C1Cc2cc(C(=O)N3CCC(c4ccccc4)CC3)ccc2N1. The van der Waals surface area contributed by atoms with Gasteiger partial charge in [0.2, 0.25) is 5.91 Å². The maximum Gasteiger partial charge on any atom is 0.253 e. The van der Waals surface area contributed by atoms with Crippen LogP contribution in [0.25, 0.3) is 0 Å². The summed E-state index contributed by atoms with van der Waals surface area (Å²) in [5.74, 6) is 0.610. The van der Waals surface area contributed by atoms with Gasteiger partial charge in [-0.05, 0) is 48.1 Å². The fraction of sp³-hybridized carbons (Fsp3) is 0.300. The Labute approximate surface area is 141 Å². The highest BCUT2D eigenvalue weighted by Crippen LogP contribution is 2.29. The summed E-state index contributed by atoms with van der Waals surface area (Å²) < 4.78 is 0. The maximum absolute atomic E-state index is 12.7. The largest absolute Gasteiger partial charge is 0.339 e. The van der Waals surface area contributed by atoms with Crippen LogP contribution in [0.1, 0.15) is 40.2 Å². The van der Waals surface area contributed by atoms with Gasteiger partial charge in [-0.3, -0.25) is 9.59 Å². The van der Waals surface area contributed by atoms with Crippen LogP contribution in [0.2, 0.25) is 0 Å². The van der Waals surface area contributed by atoms with Crippen molar-refractivity contribution in [1.82, 2.24) is 4.90 Å². The molecule has 24 heavy (non-hydrogen) atoms. The van der Waals surface area contributed by atoms with E-state index in [2.05, 4.69) is 29.6 Å². The highest BCUT2D eigenvalue weighted by Gasteiger charge is 2.26. The number of hydrogen-bond donors (Lipinski definition) is 1. The van der Waals surface area contributed by atoms with Crippen molar-refractivity contribution in [2.45, 2.75) is 25.2 Å². The Hall–Kier alpha value is -2.62. The predicted octanol–water partition coefficient (Wildman–Crippen LogP) is 3.20. The zero-order valence-electron chi connectivity index (χ0n) is 13.5. The van der Waals surface area contributed by atoms with Crippen molar-refractivity contribution in [2.24, 2.45) is 0 Å². The molecule has 1 N–H and O–H groups in total. The molecule has 0 saturated carbocycles. The van der Waals surface area contributed by atoms with Gasteiger partial charge in [-0.2, -0.15) is 0 Å². The minimum absolute atomic E-state index is 0.00160. The molecular formula is C20H20N2O2. The van der Waals surface area contributed by atoms with Crippen LogP contribution in [0.4, 0.5) is 5.69 Å². The van der Waals surface area contributed by atoms with Crippen LogP contribution in [-0.4, -0.2) is 29.8 Å². The molecule has 0 aromatic heterocycles. The second kappa shape index (κ2) is 6.11. The maximum atomic E-state index is 12.7. The Morgan fingerprint density at radius 2 is 1.79 bits per heavy atom. The first-order valence-electron chi connectivity index (χ1n) is 8.48. The van der Waals surface area contributed by atoms with E-state index in [-0.39, 0.29) is 11.8 Å². The number of carbonyl (C=O) groups excluding carboxylic acids is 2. The van der Waals surface area contributed by atoms with Crippen LogP contribution in [0.5, 0.6) is 0 Å². The third kappa shape index (κ3) is 2.80. The minimum Gasteiger partial charge on any atom is -0.339 e. The van der Waals surface area contributed by atoms with Gasteiger partial charge in [-0.15, -0.1) is 0 Å². The Kier molecular flexibility index (Phi) is 3.81. The van der Waals surface area contributed by atoms with Gasteiger partial charge in [0.25, 0.3) is 5.91 Å². The number of likely N-dealkylation sites (tertiary alicyclic amines) is 1. The van der Waals surface area contributed by atoms with Crippen molar-refractivity contribution in [2.75, 3.05) is 18.4 Å². The topological polar surface area (TPSA) is 49.4 Å². The average Bonchev–Trinajstić information content (AvgIpc) is 3.01. The molecule has 2 aliphatic heterocycles. The van der Waals surface area contributed by atoms with Crippen molar-refractivity contribution < 1.29 is 9.59 Å². The van der Waals surface area contributed by atoms with Crippen molar-refractivity contribution in [1.29, 1.82) is 0 Å². The smallest absolute Gasteiger partial charge is 0.253 e. The molecular weight excluding hydrogens is 300 g/mol. The lowest BCUT2D eigenvalue weighted by atomic mass is 9.89. The molecule has 1 saturated heterocycles. The number of rotatable bonds is 2. The van der Waals surface area contributed by atoms with Gasteiger partial charge in [0.1, 0.15) is 0 Å². The minimum atomic E-state index is -0.00160. The van der Waals surface area contributed by atoms with Gasteiger partial charge >= 0.3 is 0 Å². The van der Waals surface area contributed by atoms with E-state index in [1.807, 2.05) is 29.2 Å². The lowest BCUT2D eigenvalue weighted by Gasteiger charge is -2.32. The molecule has 4 heteroatoms. The molecule has 0 bridgehead atoms. The Balaban J connectivity index is 1.43.